The van der Waals surface area contributed by atoms with Gasteiger partial charge >= 0.3 is 0 Å². The molecule has 0 heterocycles. The Kier molecular flexibility index (Phi) is 4.35. The van der Waals surface area contributed by atoms with Gasteiger partial charge < -0.3 is 9.53 Å². The minimum Gasteiger partial charge on any atom is -0.494 e. The Morgan fingerprint density at radius 1 is 1.07 bits per heavy atom. The molecule has 0 saturated carbocycles. The number of carbonyl (C=O) groups is 1. The number of ether oxygens (including phenoxy) is 1. The number of rotatable bonds is 2. The van der Waals surface area contributed by atoms with Crippen LogP contribution in [0.4, 0.5) is 0 Å². The van der Waals surface area contributed by atoms with E-state index in [2.05, 4.69) is 24.3 Å². The fourth-order valence-electron chi connectivity index (χ4n) is 1.42. The van der Waals surface area contributed by atoms with Gasteiger partial charge in [-0.3, -0.25) is 0 Å². The van der Waals surface area contributed by atoms with Crippen LogP contribution in [-0.2, 0) is 4.79 Å². The predicted molar refractivity (Wildman–Crippen MR) is 62.2 cm³/mol. The molecule has 2 heteroatoms. The maximum absolute atomic E-state index is 8.00. The molecule has 0 bridgehead atoms. The summed E-state index contributed by atoms with van der Waals surface area (Å²) in [5, 5.41) is 2.49. The molecule has 2 nitrogen and oxygen atoms in total. The van der Waals surface area contributed by atoms with Gasteiger partial charge in [0.25, 0.3) is 0 Å². The Bertz CT molecular complexity index is 424. The van der Waals surface area contributed by atoms with Crippen molar-refractivity contribution in [2.45, 2.75) is 6.92 Å². The van der Waals surface area contributed by atoms with E-state index in [4.69, 9.17) is 9.53 Å². The summed E-state index contributed by atoms with van der Waals surface area (Å²) in [5.74, 6) is 0.946. The molecule has 0 unspecified atom stereocenters. The van der Waals surface area contributed by atoms with Gasteiger partial charge in [0, 0.05) is 0 Å². The first-order valence-electron chi connectivity index (χ1n) is 4.80. The topological polar surface area (TPSA) is 26.3 Å². The first kappa shape index (κ1) is 11.2. The normalized spacial score (nSPS) is 9.13. The molecule has 0 amide bonds. The molecular weight excluding hydrogens is 188 g/mol. The van der Waals surface area contributed by atoms with Crippen molar-refractivity contribution in [1.82, 2.24) is 0 Å². The molecule has 0 aromatic heterocycles. The van der Waals surface area contributed by atoms with Crippen LogP contribution in [0.5, 0.6) is 5.75 Å². The summed E-state index contributed by atoms with van der Waals surface area (Å²) < 4.78 is 5.41. The number of carbonyl (C=O) groups excluding carboxylic acids is 1. The fraction of sp³-hybridized carbons (Fsp3) is 0.154. The Hall–Kier alpha value is -1.83. The number of fused-ring (bicyclic) bond motifs is 1. The second-order valence-electron chi connectivity index (χ2n) is 2.94. The van der Waals surface area contributed by atoms with E-state index >= 15 is 0 Å². The molecule has 0 aliphatic heterocycles. The molecule has 2 rings (SSSR count). The van der Waals surface area contributed by atoms with E-state index in [-0.39, 0.29) is 0 Å². The van der Waals surface area contributed by atoms with Gasteiger partial charge in [0.15, 0.2) is 0 Å². The van der Waals surface area contributed by atoms with Crippen LogP contribution in [0, 0.1) is 0 Å². The second kappa shape index (κ2) is 5.81. The molecule has 0 atom stereocenters. The molecule has 0 aliphatic rings. The van der Waals surface area contributed by atoms with Gasteiger partial charge in [-0.1, -0.05) is 30.3 Å². The summed E-state index contributed by atoms with van der Waals surface area (Å²) in [6.07, 6.45) is 0. The zero-order chi connectivity index (χ0) is 11.1. The molecule has 0 aliphatic carbocycles. The largest absolute Gasteiger partial charge is 0.494 e. The second-order valence-corrected chi connectivity index (χ2v) is 2.94. The molecule has 2 aromatic rings. The van der Waals surface area contributed by atoms with Crippen LogP contribution in [0.3, 0.4) is 0 Å². The Balaban J connectivity index is 0.000000531. The first-order valence-corrected chi connectivity index (χ1v) is 4.80. The fourth-order valence-corrected chi connectivity index (χ4v) is 1.42. The minimum atomic E-state index is 0.721. The van der Waals surface area contributed by atoms with Crippen LogP contribution < -0.4 is 4.74 Å². The van der Waals surface area contributed by atoms with Crippen LogP contribution in [0.25, 0.3) is 10.8 Å². The van der Waals surface area contributed by atoms with E-state index in [1.807, 2.05) is 31.9 Å². The Morgan fingerprint density at radius 3 is 2.40 bits per heavy atom. The quantitative estimate of drug-likeness (QED) is 0.748. The summed E-state index contributed by atoms with van der Waals surface area (Å²) in [5.41, 5.74) is 0. The van der Waals surface area contributed by atoms with E-state index in [1.165, 1.54) is 10.8 Å². The summed E-state index contributed by atoms with van der Waals surface area (Å²) in [6, 6.07) is 14.4. The van der Waals surface area contributed by atoms with Gasteiger partial charge in [-0.15, -0.1) is 0 Å². The monoisotopic (exact) mass is 202 g/mol. The molecular formula is C13H14O2. The number of benzene rings is 2. The van der Waals surface area contributed by atoms with Crippen LogP contribution in [0.1, 0.15) is 6.92 Å². The van der Waals surface area contributed by atoms with Crippen molar-refractivity contribution in [1.29, 1.82) is 0 Å². The maximum Gasteiger partial charge on any atom is 0.119 e. The number of hydrogen-bond donors (Lipinski definition) is 0. The van der Waals surface area contributed by atoms with E-state index in [0.717, 1.165) is 12.4 Å². The molecule has 0 radical (unpaired) electrons. The average molecular weight is 202 g/mol. The predicted octanol–water partition coefficient (Wildman–Crippen LogP) is 3.05. The van der Waals surface area contributed by atoms with Crippen molar-refractivity contribution in [3.8, 4) is 5.75 Å². The van der Waals surface area contributed by atoms with Crippen LogP contribution in [-0.4, -0.2) is 13.4 Å². The van der Waals surface area contributed by atoms with E-state index in [9.17, 15) is 0 Å². The lowest BCUT2D eigenvalue weighted by Crippen LogP contribution is -1.90. The van der Waals surface area contributed by atoms with Gasteiger partial charge in [0.05, 0.1) is 6.61 Å². The van der Waals surface area contributed by atoms with Crippen molar-refractivity contribution in [2.75, 3.05) is 6.61 Å². The van der Waals surface area contributed by atoms with Gasteiger partial charge in [-0.25, -0.2) is 0 Å². The summed E-state index contributed by atoms with van der Waals surface area (Å²) in [6.45, 7) is 4.72. The SMILES string of the molecule is C=O.CCOc1ccc2ccccc2c1. The van der Waals surface area contributed by atoms with E-state index in [0.29, 0.717) is 0 Å². The highest BCUT2D eigenvalue weighted by Crippen LogP contribution is 2.20. The molecule has 0 saturated heterocycles. The lowest BCUT2D eigenvalue weighted by atomic mass is 10.1. The van der Waals surface area contributed by atoms with Crippen molar-refractivity contribution in [2.24, 2.45) is 0 Å². The highest BCUT2D eigenvalue weighted by molar-refractivity contribution is 5.83. The standard InChI is InChI=1S/C12H12O.CH2O/c1-2-13-12-8-7-10-5-3-4-6-11(10)9-12;1-2/h3-9H,2H2,1H3;1H2. The summed E-state index contributed by atoms with van der Waals surface area (Å²) >= 11 is 0. The molecule has 78 valence electrons. The third kappa shape index (κ3) is 2.81. The van der Waals surface area contributed by atoms with Gasteiger partial charge in [-0.2, -0.15) is 0 Å². The lowest BCUT2D eigenvalue weighted by Gasteiger charge is -2.03. The Morgan fingerprint density at radius 2 is 1.73 bits per heavy atom. The van der Waals surface area contributed by atoms with Crippen LogP contribution in [0.15, 0.2) is 42.5 Å². The molecule has 2 aromatic carbocycles. The highest BCUT2D eigenvalue weighted by atomic mass is 16.5. The van der Waals surface area contributed by atoms with Crippen molar-refractivity contribution < 1.29 is 9.53 Å². The summed E-state index contributed by atoms with van der Waals surface area (Å²) in [7, 11) is 0. The average Bonchev–Trinajstić information content (AvgIpc) is 2.32. The zero-order valence-electron chi connectivity index (χ0n) is 8.77. The van der Waals surface area contributed by atoms with Crippen LogP contribution >= 0.6 is 0 Å². The molecule has 0 N–H and O–H groups in total. The molecule has 15 heavy (non-hydrogen) atoms. The summed E-state index contributed by atoms with van der Waals surface area (Å²) in [4.78, 5) is 8.00. The van der Waals surface area contributed by atoms with Crippen LogP contribution in [0.2, 0.25) is 0 Å². The third-order valence-corrected chi connectivity index (χ3v) is 2.03. The van der Waals surface area contributed by atoms with Crippen molar-refractivity contribution >= 4 is 17.6 Å². The van der Waals surface area contributed by atoms with Crippen molar-refractivity contribution in [3.05, 3.63) is 42.5 Å². The Labute approximate surface area is 89.5 Å². The lowest BCUT2D eigenvalue weighted by molar-refractivity contribution is -0.0979. The third-order valence-electron chi connectivity index (χ3n) is 2.03. The molecule has 0 fully saturated rings. The van der Waals surface area contributed by atoms with Gasteiger partial charge in [0.2, 0.25) is 0 Å². The number of hydrogen-bond acceptors (Lipinski definition) is 2. The van der Waals surface area contributed by atoms with Crippen molar-refractivity contribution in [3.63, 3.8) is 0 Å². The minimum absolute atomic E-state index is 0.721. The van der Waals surface area contributed by atoms with Gasteiger partial charge in [0.1, 0.15) is 12.5 Å². The van der Waals surface area contributed by atoms with E-state index < -0.39 is 0 Å². The zero-order valence-corrected chi connectivity index (χ0v) is 8.77. The van der Waals surface area contributed by atoms with Gasteiger partial charge in [-0.05, 0) is 29.8 Å². The first-order chi connectivity index (χ1) is 7.40. The molecule has 0 spiro atoms. The smallest absolute Gasteiger partial charge is 0.119 e. The highest BCUT2D eigenvalue weighted by Gasteiger charge is 1.94. The maximum atomic E-state index is 8.00. The van der Waals surface area contributed by atoms with E-state index in [1.54, 1.807) is 0 Å².